The van der Waals surface area contributed by atoms with E-state index in [4.69, 9.17) is 14.4 Å². The van der Waals surface area contributed by atoms with Gasteiger partial charge in [0.1, 0.15) is 11.2 Å². The Balaban J connectivity index is 1.15. The zero-order valence-electron chi connectivity index (χ0n) is 26.9. The maximum Gasteiger partial charge on any atom is 0.160 e. The lowest BCUT2D eigenvalue weighted by molar-refractivity contribution is 0.670. The molecule has 3 aromatic heterocycles. The molecule has 0 saturated heterocycles. The van der Waals surface area contributed by atoms with Crippen LogP contribution < -0.4 is 0 Å². The Hall–Kier alpha value is -6.36. The highest BCUT2D eigenvalue weighted by molar-refractivity contribution is 7.26. The summed E-state index contributed by atoms with van der Waals surface area (Å²) >= 11 is 1.82. The van der Waals surface area contributed by atoms with Crippen molar-refractivity contribution in [3.05, 3.63) is 170 Å². The summed E-state index contributed by atoms with van der Waals surface area (Å²) < 4.78 is 8.87. The van der Waals surface area contributed by atoms with E-state index < -0.39 is 0 Å². The third kappa shape index (κ3) is 4.73. The van der Waals surface area contributed by atoms with Crippen molar-refractivity contribution < 1.29 is 4.42 Å². The number of thiophene rings is 1. The molecule has 3 nitrogen and oxygen atoms in total. The molecule has 234 valence electrons. The van der Waals surface area contributed by atoms with Gasteiger partial charge in [0, 0.05) is 53.2 Å². The first-order valence-electron chi connectivity index (χ1n) is 16.7. The number of rotatable bonds is 5. The van der Waals surface area contributed by atoms with Crippen molar-refractivity contribution in [2.75, 3.05) is 0 Å². The van der Waals surface area contributed by atoms with Crippen LogP contribution in [0.3, 0.4) is 0 Å². The molecule has 50 heavy (non-hydrogen) atoms. The van der Waals surface area contributed by atoms with Gasteiger partial charge in [-0.05, 0) is 34.9 Å². The Morgan fingerprint density at radius 2 is 0.980 bits per heavy atom. The molecule has 0 fully saturated rings. The maximum absolute atomic E-state index is 6.36. The molecule has 0 aliphatic heterocycles. The molecule has 10 rings (SSSR count). The van der Waals surface area contributed by atoms with Crippen molar-refractivity contribution in [1.82, 2.24) is 9.97 Å². The lowest BCUT2D eigenvalue weighted by atomic mass is 9.96. The summed E-state index contributed by atoms with van der Waals surface area (Å²) in [7, 11) is 0. The minimum atomic E-state index is 0.687. The second-order valence-corrected chi connectivity index (χ2v) is 13.6. The lowest BCUT2D eigenvalue weighted by Gasteiger charge is -2.13. The van der Waals surface area contributed by atoms with Crippen molar-refractivity contribution in [3.63, 3.8) is 0 Å². The fourth-order valence-electron chi connectivity index (χ4n) is 7.15. The summed E-state index contributed by atoms with van der Waals surface area (Å²) in [6.07, 6.45) is 0. The van der Waals surface area contributed by atoms with E-state index in [0.717, 1.165) is 72.3 Å². The molecule has 0 aliphatic rings. The Kier molecular flexibility index (Phi) is 6.68. The van der Waals surface area contributed by atoms with Gasteiger partial charge in [0.25, 0.3) is 0 Å². The molecule has 0 N–H and O–H groups in total. The summed E-state index contributed by atoms with van der Waals surface area (Å²) in [5.74, 6) is 0.687. The van der Waals surface area contributed by atoms with Crippen LogP contribution in [0, 0.1) is 0 Å². The van der Waals surface area contributed by atoms with E-state index in [1.54, 1.807) is 0 Å². The van der Waals surface area contributed by atoms with Gasteiger partial charge in [0.2, 0.25) is 0 Å². The quantitative estimate of drug-likeness (QED) is 0.185. The first-order chi connectivity index (χ1) is 24.8. The summed E-state index contributed by atoms with van der Waals surface area (Å²) in [5, 5.41) is 4.77. The molecule has 3 heterocycles. The van der Waals surface area contributed by atoms with Crippen molar-refractivity contribution in [3.8, 4) is 56.2 Å². The molecule has 0 saturated carbocycles. The molecule has 0 spiro atoms. The van der Waals surface area contributed by atoms with E-state index in [-0.39, 0.29) is 0 Å². The fraction of sp³-hybridized carbons (Fsp3) is 0. The Morgan fingerprint density at radius 3 is 1.82 bits per heavy atom. The topological polar surface area (TPSA) is 38.9 Å². The van der Waals surface area contributed by atoms with Crippen LogP contribution in [0.2, 0.25) is 0 Å². The standard InChI is InChI=1S/C46H28N2OS/c1-2-12-29(13-3-1)32-14-4-5-15-34(32)40-28-41(39-21-11-20-38-36-17-7-9-23-43(36)50-45(38)39)48-46(47-40)31-26-24-30(25-27-31)33-18-10-19-37-35-16-6-8-22-42(35)49-44(33)37/h1-28H. The van der Waals surface area contributed by atoms with Crippen LogP contribution in [0.1, 0.15) is 0 Å². The molecular formula is C46H28N2OS. The van der Waals surface area contributed by atoms with Crippen LogP contribution in [-0.4, -0.2) is 9.97 Å². The molecular weight excluding hydrogens is 629 g/mol. The van der Waals surface area contributed by atoms with Gasteiger partial charge < -0.3 is 4.42 Å². The van der Waals surface area contributed by atoms with Crippen LogP contribution >= 0.6 is 11.3 Å². The molecule has 0 amide bonds. The third-order valence-corrected chi connectivity index (χ3v) is 10.8. The summed E-state index contributed by atoms with van der Waals surface area (Å²) in [4.78, 5) is 10.5. The molecule has 7 aromatic carbocycles. The van der Waals surface area contributed by atoms with Gasteiger partial charge >= 0.3 is 0 Å². The summed E-state index contributed by atoms with van der Waals surface area (Å²) in [6, 6.07) is 59.5. The van der Waals surface area contributed by atoms with Gasteiger partial charge in [-0.1, -0.05) is 152 Å². The van der Waals surface area contributed by atoms with E-state index >= 15 is 0 Å². The highest BCUT2D eigenvalue weighted by Gasteiger charge is 2.18. The predicted molar refractivity (Wildman–Crippen MR) is 209 cm³/mol. The average molecular weight is 657 g/mol. The number of aromatic nitrogens is 2. The van der Waals surface area contributed by atoms with Crippen LogP contribution in [0.4, 0.5) is 0 Å². The van der Waals surface area contributed by atoms with Crippen LogP contribution in [0.15, 0.2) is 174 Å². The molecule has 0 atom stereocenters. The Bertz CT molecular complexity index is 2870. The molecule has 0 radical (unpaired) electrons. The highest BCUT2D eigenvalue weighted by atomic mass is 32.1. The Morgan fingerprint density at radius 1 is 0.400 bits per heavy atom. The second kappa shape index (κ2) is 11.7. The summed E-state index contributed by atoms with van der Waals surface area (Å²) in [5.41, 5.74) is 11.2. The van der Waals surface area contributed by atoms with Crippen LogP contribution in [0.5, 0.6) is 0 Å². The van der Waals surface area contributed by atoms with E-state index in [9.17, 15) is 0 Å². The largest absolute Gasteiger partial charge is 0.455 e. The van der Waals surface area contributed by atoms with E-state index in [0.29, 0.717) is 5.82 Å². The number of hydrogen-bond donors (Lipinski definition) is 0. The van der Waals surface area contributed by atoms with Gasteiger partial charge in [0.05, 0.1) is 11.4 Å². The minimum Gasteiger partial charge on any atom is -0.455 e. The SMILES string of the molecule is c1ccc(-c2ccccc2-c2cc(-c3cccc4c3sc3ccccc34)nc(-c3ccc(-c4cccc5c4oc4ccccc45)cc3)n2)cc1. The summed E-state index contributed by atoms with van der Waals surface area (Å²) in [6.45, 7) is 0. The number of hydrogen-bond acceptors (Lipinski definition) is 4. The third-order valence-electron chi connectivity index (χ3n) is 9.55. The maximum atomic E-state index is 6.36. The molecule has 0 unspecified atom stereocenters. The van der Waals surface area contributed by atoms with E-state index in [1.165, 1.54) is 20.2 Å². The van der Waals surface area contributed by atoms with Crippen LogP contribution in [0.25, 0.3) is 98.3 Å². The monoisotopic (exact) mass is 656 g/mol. The average Bonchev–Trinajstić information content (AvgIpc) is 3.77. The normalized spacial score (nSPS) is 11.6. The first kappa shape index (κ1) is 28.6. The van der Waals surface area contributed by atoms with Gasteiger partial charge in [-0.2, -0.15) is 0 Å². The zero-order valence-corrected chi connectivity index (χ0v) is 27.7. The number of fused-ring (bicyclic) bond motifs is 6. The zero-order chi connectivity index (χ0) is 33.0. The van der Waals surface area contributed by atoms with Crippen molar-refractivity contribution in [2.24, 2.45) is 0 Å². The lowest BCUT2D eigenvalue weighted by Crippen LogP contribution is -1.97. The molecule has 4 heteroatoms. The second-order valence-electron chi connectivity index (χ2n) is 12.5. The fourth-order valence-corrected chi connectivity index (χ4v) is 8.38. The molecule has 0 aliphatic carbocycles. The smallest absolute Gasteiger partial charge is 0.160 e. The van der Waals surface area contributed by atoms with Crippen molar-refractivity contribution >= 4 is 53.4 Å². The van der Waals surface area contributed by atoms with Gasteiger partial charge in [-0.3, -0.25) is 0 Å². The van der Waals surface area contributed by atoms with Crippen molar-refractivity contribution in [1.29, 1.82) is 0 Å². The Labute approximate surface area is 292 Å². The van der Waals surface area contributed by atoms with E-state index in [2.05, 4.69) is 158 Å². The van der Waals surface area contributed by atoms with Crippen LogP contribution in [-0.2, 0) is 0 Å². The first-order valence-corrected chi connectivity index (χ1v) is 17.6. The molecule has 10 aromatic rings. The van der Waals surface area contributed by atoms with Gasteiger partial charge in [-0.25, -0.2) is 9.97 Å². The minimum absolute atomic E-state index is 0.687. The number of nitrogens with zero attached hydrogens (tertiary/aromatic N) is 2. The van der Waals surface area contributed by atoms with E-state index in [1.807, 2.05) is 23.5 Å². The van der Waals surface area contributed by atoms with Gasteiger partial charge in [0.15, 0.2) is 5.82 Å². The number of furan rings is 1. The number of benzene rings is 7. The number of para-hydroxylation sites is 2. The van der Waals surface area contributed by atoms with Crippen molar-refractivity contribution in [2.45, 2.75) is 0 Å². The predicted octanol–water partition coefficient (Wildman–Crippen LogP) is 13.1. The van der Waals surface area contributed by atoms with Gasteiger partial charge in [-0.15, -0.1) is 11.3 Å². The highest BCUT2D eigenvalue weighted by Crippen LogP contribution is 2.42. The molecule has 0 bridgehead atoms.